The van der Waals surface area contributed by atoms with Crippen molar-refractivity contribution in [2.45, 2.75) is 31.8 Å². The molecule has 6 rings (SSSR count). The molecular weight excluding hydrogens is 578 g/mol. The number of nitrogens with two attached hydrogens (primary N) is 1. The Morgan fingerprint density at radius 1 is 1.17 bits per heavy atom. The van der Waals surface area contributed by atoms with Crippen LogP contribution in [0.3, 0.4) is 0 Å². The quantitative estimate of drug-likeness (QED) is 0.243. The summed E-state index contributed by atoms with van der Waals surface area (Å²) in [5.74, 6) is -1.98. The van der Waals surface area contributed by atoms with E-state index in [0.29, 0.717) is 46.6 Å². The summed E-state index contributed by atoms with van der Waals surface area (Å²) in [5, 5.41) is 18.8. The Labute approximate surface area is 241 Å². The van der Waals surface area contributed by atoms with Crippen molar-refractivity contribution in [2.24, 2.45) is 5.73 Å². The summed E-state index contributed by atoms with van der Waals surface area (Å²) in [5.41, 5.74) is 6.66. The number of aryl methyl sites for hydroxylation is 1. The summed E-state index contributed by atoms with van der Waals surface area (Å²) in [6.07, 6.45) is 1.25. The molecule has 15 heteroatoms. The fourth-order valence-corrected chi connectivity index (χ4v) is 4.40. The van der Waals surface area contributed by atoms with E-state index in [0.717, 1.165) is 0 Å². The number of rotatable bonds is 7. The first-order valence-electron chi connectivity index (χ1n) is 12.4. The molecule has 5 aromatic rings. The molecule has 0 spiro atoms. The number of hydrogen-bond donors (Lipinski definition) is 3. The predicted octanol–water partition coefficient (Wildman–Crippen LogP) is 4.41. The number of nitrogens with zero attached hydrogens (tertiary/aromatic N) is 4. The van der Waals surface area contributed by atoms with Crippen molar-refractivity contribution >= 4 is 34.4 Å². The van der Waals surface area contributed by atoms with Gasteiger partial charge in [-0.05, 0) is 48.3 Å². The second kappa shape index (κ2) is 11.2. The third-order valence-corrected chi connectivity index (χ3v) is 6.87. The summed E-state index contributed by atoms with van der Waals surface area (Å²) < 4.78 is 44.5. The van der Waals surface area contributed by atoms with Gasteiger partial charge in [-0.15, -0.1) is 0 Å². The lowest BCUT2D eigenvalue weighted by molar-refractivity contribution is -0.123. The van der Waals surface area contributed by atoms with Crippen LogP contribution in [0.25, 0.3) is 28.1 Å². The minimum absolute atomic E-state index is 0.0131. The van der Waals surface area contributed by atoms with Gasteiger partial charge in [0, 0.05) is 30.1 Å². The summed E-state index contributed by atoms with van der Waals surface area (Å²) in [7, 11) is 1.38. The van der Waals surface area contributed by atoms with E-state index in [2.05, 4.69) is 29.9 Å². The molecule has 1 aliphatic rings. The zero-order chi connectivity index (χ0) is 30.2. The molecule has 42 heavy (non-hydrogen) atoms. The van der Waals surface area contributed by atoms with Crippen LogP contribution in [0.15, 0.2) is 51.5 Å². The Morgan fingerprint density at radius 2 is 1.93 bits per heavy atom. The number of nitrogens with one attached hydrogen (secondary N) is 1. The van der Waals surface area contributed by atoms with Crippen LogP contribution in [0, 0.1) is 18.6 Å². The predicted molar refractivity (Wildman–Crippen MR) is 144 cm³/mol. The molecule has 0 saturated heterocycles. The number of methoxy groups -OCH3 is 1. The molecule has 0 radical (unpaired) electrons. The van der Waals surface area contributed by atoms with E-state index in [4.69, 9.17) is 27.0 Å². The molecule has 218 valence electrons. The number of carboxylic acid groups (broad SMARTS) is 1. The largest absolute Gasteiger partial charge is 0.479 e. The van der Waals surface area contributed by atoms with Crippen LogP contribution < -0.4 is 15.8 Å². The number of benzene rings is 2. The van der Waals surface area contributed by atoms with Crippen LogP contribution in [0.4, 0.5) is 8.78 Å². The van der Waals surface area contributed by atoms with Crippen LogP contribution in [0.1, 0.15) is 34.9 Å². The fourth-order valence-electron chi connectivity index (χ4n) is 4.07. The normalized spacial score (nSPS) is 13.4. The van der Waals surface area contributed by atoms with Crippen LogP contribution in [0.2, 0.25) is 5.02 Å². The number of carboxylic acids is 1. The number of aromatic nitrogens is 4. The van der Waals surface area contributed by atoms with Gasteiger partial charge in [-0.1, -0.05) is 22.8 Å². The maximum atomic E-state index is 15.0. The van der Waals surface area contributed by atoms with Crippen molar-refractivity contribution < 1.29 is 37.3 Å². The number of fused-ring (bicyclic) bond motifs is 1. The van der Waals surface area contributed by atoms with E-state index in [1.807, 2.05) is 0 Å². The molecule has 0 aliphatic heterocycles. The first kappa shape index (κ1) is 28.7. The summed E-state index contributed by atoms with van der Waals surface area (Å²) in [6, 6.07) is 9.89. The van der Waals surface area contributed by atoms with Gasteiger partial charge in [0.05, 0.1) is 29.3 Å². The fraction of sp³-hybridized carbons (Fsp3) is 0.222. The topological polar surface area (TPSA) is 172 Å². The number of halogens is 3. The first-order chi connectivity index (χ1) is 20.0. The van der Waals surface area contributed by atoms with E-state index in [-0.39, 0.29) is 34.9 Å². The average molecular weight is 601 g/mol. The van der Waals surface area contributed by atoms with Crippen molar-refractivity contribution in [2.75, 3.05) is 7.11 Å². The van der Waals surface area contributed by atoms with Crippen LogP contribution >= 0.6 is 11.6 Å². The van der Waals surface area contributed by atoms with Crippen LogP contribution in [-0.2, 0) is 11.3 Å². The second-order valence-electron chi connectivity index (χ2n) is 9.45. The van der Waals surface area contributed by atoms with Gasteiger partial charge >= 0.3 is 5.97 Å². The first-order valence-corrected chi connectivity index (χ1v) is 12.8. The molecule has 2 aromatic carbocycles. The Morgan fingerprint density at radius 3 is 2.50 bits per heavy atom. The minimum Gasteiger partial charge on any atom is -0.479 e. The number of hydrogen-bond acceptors (Lipinski definition) is 9. The number of carbonyl (C=O) groups is 2. The van der Waals surface area contributed by atoms with Gasteiger partial charge in [-0.25, -0.2) is 13.6 Å². The molecule has 1 fully saturated rings. The van der Waals surface area contributed by atoms with Gasteiger partial charge in [-0.2, -0.15) is 4.98 Å². The van der Waals surface area contributed by atoms with Crippen molar-refractivity contribution in [1.82, 2.24) is 25.2 Å². The van der Waals surface area contributed by atoms with E-state index >= 15 is 0 Å². The van der Waals surface area contributed by atoms with Gasteiger partial charge in [0.1, 0.15) is 17.3 Å². The van der Waals surface area contributed by atoms with E-state index in [1.54, 1.807) is 29.7 Å². The molecule has 3 heterocycles. The number of ether oxygens (including phenoxy) is 1. The summed E-state index contributed by atoms with van der Waals surface area (Å²) in [6.45, 7) is 1.64. The maximum absolute atomic E-state index is 15.0. The highest BCUT2D eigenvalue weighted by Gasteiger charge is 2.45. The Kier molecular flexibility index (Phi) is 7.67. The highest BCUT2D eigenvalue weighted by molar-refractivity contribution is 6.38. The molecule has 12 nitrogen and oxygen atoms in total. The van der Waals surface area contributed by atoms with Gasteiger partial charge < -0.3 is 34.5 Å². The van der Waals surface area contributed by atoms with Crippen LogP contribution in [0.5, 0.6) is 5.88 Å². The van der Waals surface area contributed by atoms with Crippen molar-refractivity contribution in [3.8, 4) is 23.1 Å². The number of carbonyl (C=O) groups excluding carboxylic acids is 1. The molecule has 3 aromatic heterocycles. The minimum atomic E-state index is -1.16. The molecule has 0 atom stereocenters. The van der Waals surface area contributed by atoms with Gasteiger partial charge in [0.25, 0.3) is 5.88 Å². The second-order valence-corrected chi connectivity index (χ2v) is 9.83. The highest BCUT2D eigenvalue weighted by Crippen LogP contribution is 2.39. The van der Waals surface area contributed by atoms with Crippen molar-refractivity contribution in [1.29, 1.82) is 0 Å². The van der Waals surface area contributed by atoms with Crippen molar-refractivity contribution in [3.63, 3.8) is 0 Å². The lowest BCUT2D eigenvalue weighted by Gasteiger charge is -2.13. The smallest absolute Gasteiger partial charge is 0.374 e. The van der Waals surface area contributed by atoms with E-state index in [1.165, 1.54) is 31.4 Å². The lowest BCUT2D eigenvalue weighted by Crippen LogP contribution is -2.42. The third-order valence-electron chi connectivity index (χ3n) is 6.49. The standard InChI is InChI=1S/C22H18ClF2N5O2.C5H5NO4/c1-11-28-20(29-32-11)19-18(23)15-8-13(24)3-5-17(15)30(19)14-4-2-12(16(25)9-14)10-27-21(31)22(26)6-7-22;1-9-4-2-3(5(7)8)10-6-4/h2-5,8-9H,6-7,10,26H2,1H3,(H,27,31);2H,1H3,(H,7,8). The molecule has 1 aliphatic carbocycles. The van der Waals surface area contributed by atoms with Gasteiger partial charge in [-0.3, -0.25) is 4.79 Å². The Bertz CT molecular complexity index is 1810. The number of amides is 1. The molecule has 1 amide bonds. The maximum Gasteiger partial charge on any atom is 0.374 e. The number of aromatic carboxylic acids is 1. The summed E-state index contributed by atoms with van der Waals surface area (Å²) >= 11 is 6.57. The van der Waals surface area contributed by atoms with Gasteiger partial charge in [0.15, 0.2) is 0 Å². The SMILES string of the molecule is COc1cc(C(=O)O)on1.Cc1nc(-c2c(Cl)c3cc(F)ccc3n2-c2ccc(CNC(=O)C3(N)CC3)c(F)c2)no1. The van der Waals surface area contributed by atoms with Crippen LogP contribution in [-0.4, -0.2) is 49.5 Å². The zero-order valence-electron chi connectivity index (χ0n) is 22.2. The van der Waals surface area contributed by atoms with E-state index < -0.39 is 23.1 Å². The molecule has 4 N–H and O–H groups in total. The Hall–Kier alpha value is -4.82. The highest BCUT2D eigenvalue weighted by atomic mass is 35.5. The zero-order valence-corrected chi connectivity index (χ0v) is 22.9. The molecule has 0 bridgehead atoms. The molecule has 0 unspecified atom stereocenters. The third kappa shape index (κ3) is 5.66. The monoisotopic (exact) mass is 600 g/mol. The van der Waals surface area contributed by atoms with E-state index in [9.17, 15) is 18.4 Å². The average Bonchev–Trinajstić information content (AvgIpc) is 3.29. The van der Waals surface area contributed by atoms with Gasteiger partial charge in [0.2, 0.25) is 23.4 Å². The van der Waals surface area contributed by atoms with Crippen molar-refractivity contribution in [3.05, 3.63) is 76.3 Å². The molecular formula is C27H23ClF2N6O6. The Balaban J connectivity index is 0.000000300. The summed E-state index contributed by atoms with van der Waals surface area (Å²) in [4.78, 5) is 26.4. The lowest BCUT2D eigenvalue weighted by atomic mass is 10.1. The molecule has 1 saturated carbocycles.